The molecule has 3 rings (SSSR count). The molecule has 4 heteroatoms. The average molecular weight is 302 g/mol. The van der Waals surface area contributed by atoms with Gasteiger partial charge in [0.2, 0.25) is 0 Å². The van der Waals surface area contributed by atoms with E-state index in [-0.39, 0.29) is 11.2 Å². The Morgan fingerprint density at radius 3 is 2.52 bits per heavy atom. The Morgan fingerprint density at radius 2 is 1.81 bits per heavy atom. The van der Waals surface area contributed by atoms with Crippen molar-refractivity contribution in [1.29, 1.82) is 0 Å². The van der Waals surface area contributed by atoms with Crippen molar-refractivity contribution < 1.29 is 4.39 Å². The summed E-state index contributed by atoms with van der Waals surface area (Å²) in [5, 5.41) is 0. The van der Waals surface area contributed by atoms with Gasteiger partial charge in [-0.1, -0.05) is 24.4 Å². The van der Waals surface area contributed by atoms with Crippen molar-refractivity contribution in [3.63, 3.8) is 0 Å². The highest BCUT2D eigenvalue weighted by Crippen LogP contribution is 2.31. The zero-order chi connectivity index (χ0) is 15.0. The van der Waals surface area contributed by atoms with Crippen molar-refractivity contribution in [2.75, 3.05) is 0 Å². The lowest BCUT2D eigenvalue weighted by Gasteiger charge is -2.27. The summed E-state index contributed by atoms with van der Waals surface area (Å²) in [6.07, 6.45) is 4.44. The summed E-state index contributed by atoms with van der Waals surface area (Å²) in [5.74, 6) is 0.639. The third-order valence-electron chi connectivity index (χ3n) is 4.37. The summed E-state index contributed by atoms with van der Waals surface area (Å²) in [4.78, 5) is 8.11. The van der Waals surface area contributed by atoms with Crippen LogP contribution >= 0.6 is 12.2 Å². The minimum absolute atomic E-state index is 0.221. The lowest BCUT2D eigenvalue weighted by Crippen LogP contribution is -2.24. The largest absolute Gasteiger partial charge is 0.346 e. The summed E-state index contributed by atoms with van der Waals surface area (Å²) in [7, 11) is 0. The van der Waals surface area contributed by atoms with Crippen LogP contribution in [0, 0.1) is 10.5 Å². The number of rotatable bonds is 2. The number of H-pyrrole nitrogens is 1. The number of nitrogens with one attached hydrogen (secondary N) is 1. The quantitative estimate of drug-likeness (QED) is 0.828. The van der Waals surface area contributed by atoms with Crippen LogP contribution in [0.2, 0.25) is 0 Å². The number of aromatic amines is 1. The standard InChI is InChI=1S/C17H19FN2S/c1-17(2,11-7-9-12(18)10-8-11)16-19-14-6-4-3-5-13(14)15(21)20-16/h7-10H,3-6H2,1-2H3,(H,19,20,21). The highest BCUT2D eigenvalue weighted by Gasteiger charge is 2.27. The number of aromatic nitrogens is 2. The van der Waals surface area contributed by atoms with E-state index in [2.05, 4.69) is 23.8 Å². The normalized spacial score (nSPS) is 14.8. The van der Waals surface area contributed by atoms with Gasteiger partial charge in [0.25, 0.3) is 0 Å². The van der Waals surface area contributed by atoms with E-state index in [1.807, 2.05) is 12.1 Å². The van der Waals surface area contributed by atoms with Crippen LogP contribution < -0.4 is 0 Å². The van der Waals surface area contributed by atoms with Crippen LogP contribution in [-0.4, -0.2) is 9.97 Å². The summed E-state index contributed by atoms with van der Waals surface area (Å²) >= 11 is 5.47. The van der Waals surface area contributed by atoms with Gasteiger partial charge in [-0.05, 0) is 57.2 Å². The Labute approximate surface area is 129 Å². The summed E-state index contributed by atoms with van der Waals surface area (Å²) in [6.45, 7) is 4.17. The van der Waals surface area contributed by atoms with Gasteiger partial charge in [0.05, 0.1) is 0 Å². The van der Waals surface area contributed by atoms with Crippen molar-refractivity contribution in [2.24, 2.45) is 0 Å². The summed E-state index contributed by atoms with van der Waals surface area (Å²) in [6, 6.07) is 6.61. The lowest BCUT2D eigenvalue weighted by molar-refractivity contribution is 0.564. The van der Waals surface area contributed by atoms with Gasteiger partial charge in [-0.15, -0.1) is 0 Å². The van der Waals surface area contributed by atoms with Gasteiger partial charge in [0, 0.05) is 16.7 Å². The van der Waals surface area contributed by atoms with E-state index in [0.29, 0.717) is 4.64 Å². The van der Waals surface area contributed by atoms with Gasteiger partial charge in [0.1, 0.15) is 16.3 Å². The number of halogens is 1. The minimum Gasteiger partial charge on any atom is -0.346 e. The fourth-order valence-electron chi connectivity index (χ4n) is 2.92. The molecule has 0 aliphatic heterocycles. The Morgan fingerprint density at radius 1 is 1.14 bits per heavy atom. The second-order valence-corrected chi connectivity index (χ2v) is 6.57. The Bertz CT molecular complexity index is 717. The maximum atomic E-state index is 13.1. The SMILES string of the molecule is CC(C)(c1ccc(F)cc1)c1nc(=S)c2c([nH]1)CCCC2. The topological polar surface area (TPSA) is 28.7 Å². The summed E-state index contributed by atoms with van der Waals surface area (Å²) in [5.41, 5.74) is 3.13. The second-order valence-electron chi connectivity index (χ2n) is 6.19. The molecule has 0 unspecified atom stereocenters. The molecule has 1 aromatic carbocycles. The smallest absolute Gasteiger partial charge is 0.133 e. The number of fused-ring (bicyclic) bond motifs is 1. The molecule has 0 saturated heterocycles. The fraction of sp³-hybridized carbons (Fsp3) is 0.412. The highest BCUT2D eigenvalue weighted by molar-refractivity contribution is 7.71. The molecule has 0 radical (unpaired) electrons. The highest BCUT2D eigenvalue weighted by atomic mass is 32.1. The fourth-order valence-corrected chi connectivity index (χ4v) is 3.24. The molecular formula is C17H19FN2S. The molecule has 1 heterocycles. The molecule has 1 N–H and O–H groups in total. The van der Waals surface area contributed by atoms with Crippen LogP contribution in [0.25, 0.3) is 0 Å². The molecule has 2 aromatic rings. The number of benzene rings is 1. The molecule has 0 bridgehead atoms. The van der Waals surface area contributed by atoms with Crippen LogP contribution in [-0.2, 0) is 18.3 Å². The van der Waals surface area contributed by atoms with Crippen LogP contribution in [0.3, 0.4) is 0 Å². The number of hydrogen-bond acceptors (Lipinski definition) is 2. The maximum Gasteiger partial charge on any atom is 0.133 e. The van der Waals surface area contributed by atoms with Crippen LogP contribution in [0.1, 0.15) is 49.3 Å². The summed E-state index contributed by atoms with van der Waals surface area (Å²) < 4.78 is 13.8. The molecule has 110 valence electrons. The molecule has 1 aliphatic rings. The molecule has 1 aromatic heterocycles. The van der Waals surface area contributed by atoms with Crippen LogP contribution in [0.15, 0.2) is 24.3 Å². The van der Waals surface area contributed by atoms with Crippen molar-refractivity contribution in [2.45, 2.75) is 44.9 Å². The van der Waals surface area contributed by atoms with E-state index in [1.54, 1.807) is 0 Å². The molecule has 2 nitrogen and oxygen atoms in total. The van der Waals surface area contributed by atoms with Gasteiger partial charge in [-0.3, -0.25) is 0 Å². The second kappa shape index (κ2) is 5.34. The Balaban J connectivity index is 2.08. The van der Waals surface area contributed by atoms with E-state index >= 15 is 0 Å². The Kier molecular flexibility index (Phi) is 3.66. The third kappa shape index (κ3) is 2.64. The van der Waals surface area contributed by atoms with E-state index in [1.165, 1.54) is 36.2 Å². The molecule has 0 spiro atoms. The zero-order valence-corrected chi connectivity index (χ0v) is 13.2. The lowest BCUT2D eigenvalue weighted by atomic mass is 9.83. The van der Waals surface area contributed by atoms with E-state index in [4.69, 9.17) is 12.2 Å². The van der Waals surface area contributed by atoms with Gasteiger partial charge in [-0.25, -0.2) is 9.37 Å². The van der Waals surface area contributed by atoms with Gasteiger partial charge in [0.15, 0.2) is 0 Å². The first-order valence-corrected chi connectivity index (χ1v) is 7.78. The maximum absolute atomic E-state index is 13.1. The first-order chi connectivity index (χ1) is 9.98. The molecule has 0 fully saturated rings. The molecule has 1 aliphatic carbocycles. The van der Waals surface area contributed by atoms with E-state index in [0.717, 1.165) is 24.2 Å². The number of nitrogens with zero attached hydrogens (tertiary/aromatic N) is 1. The van der Waals surface area contributed by atoms with Gasteiger partial charge in [-0.2, -0.15) is 0 Å². The van der Waals surface area contributed by atoms with Crippen molar-refractivity contribution in [3.05, 3.63) is 57.4 Å². The number of aryl methyl sites for hydroxylation is 1. The van der Waals surface area contributed by atoms with Crippen molar-refractivity contribution in [3.8, 4) is 0 Å². The number of hydrogen-bond donors (Lipinski definition) is 1. The predicted molar refractivity (Wildman–Crippen MR) is 84.6 cm³/mol. The zero-order valence-electron chi connectivity index (χ0n) is 12.4. The average Bonchev–Trinajstić information content (AvgIpc) is 2.47. The monoisotopic (exact) mass is 302 g/mol. The molecular weight excluding hydrogens is 283 g/mol. The van der Waals surface area contributed by atoms with E-state index < -0.39 is 0 Å². The Hall–Kier alpha value is -1.55. The predicted octanol–water partition coefficient (Wildman–Crippen LogP) is 4.48. The van der Waals surface area contributed by atoms with Gasteiger partial charge < -0.3 is 4.98 Å². The van der Waals surface area contributed by atoms with Crippen molar-refractivity contribution >= 4 is 12.2 Å². The van der Waals surface area contributed by atoms with E-state index in [9.17, 15) is 4.39 Å². The third-order valence-corrected chi connectivity index (χ3v) is 4.70. The van der Waals surface area contributed by atoms with Crippen LogP contribution in [0.4, 0.5) is 4.39 Å². The molecule has 0 atom stereocenters. The minimum atomic E-state index is -0.326. The first-order valence-electron chi connectivity index (χ1n) is 7.37. The molecule has 0 saturated carbocycles. The van der Waals surface area contributed by atoms with Gasteiger partial charge >= 0.3 is 0 Å². The molecule has 0 amide bonds. The molecule has 21 heavy (non-hydrogen) atoms. The van der Waals surface area contributed by atoms with Crippen molar-refractivity contribution in [1.82, 2.24) is 9.97 Å². The van der Waals surface area contributed by atoms with Crippen LogP contribution in [0.5, 0.6) is 0 Å². The first kappa shape index (κ1) is 14.4.